The summed E-state index contributed by atoms with van der Waals surface area (Å²) in [4.78, 5) is 26.8. The molecule has 1 heterocycles. The summed E-state index contributed by atoms with van der Waals surface area (Å²) in [5, 5.41) is 3.05. The fourth-order valence-corrected chi connectivity index (χ4v) is 4.01. The molecule has 28 heavy (non-hydrogen) atoms. The SMILES string of the molecule is CCc1ccc([C@@H]2CC[C@H](C(=O)NCc3cccc(C)c3)CN2C(C)=O)cc1. The topological polar surface area (TPSA) is 49.4 Å². The monoisotopic (exact) mass is 378 g/mol. The molecule has 2 amide bonds. The van der Waals surface area contributed by atoms with Crippen LogP contribution >= 0.6 is 0 Å². The molecule has 3 rings (SSSR count). The van der Waals surface area contributed by atoms with Crippen LogP contribution in [0.2, 0.25) is 0 Å². The highest BCUT2D eigenvalue weighted by Gasteiger charge is 2.34. The average Bonchev–Trinajstić information content (AvgIpc) is 2.71. The van der Waals surface area contributed by atoms with Crippen molar-refractivity contribution in [2.45, 2.75) is 52.6 Å². The first kappa shape index (κ1) is 20.1. The maximum absolute atomic E-state index is 12.7. The second-order valence-electron chi connectivity index (χ2n) is 7.76. The number of benzene rings is 2. The minimum atomic E-state index is -0.153. The van der Waals surface area contributed by atoms with Crippen LogP contribution in [0.25, 0.3) is 0 Å². The molecule has 0 aromatic heterocycles. The molecule has 1 saturated heterocycles. The predicted molar refractivity (Wildman–Crippen MR) is 112 cm³/mol. The van der Waals surface area contributed by atoms with E-state index in [-0.39, 0.29) is 23.8 Å². The number of hydrogen-bond donors (Lipinski definition) is 1. The van der Waals surface area contributed by atoms with Crippen molar-refractivity contribution in [3.63, 3.8) is 0 Å². The Morgan fingerprint density at radius 1 is 1.07 bits per heavy atom. The summed E-state index contributed by atoms with van der Waals surface area (Å²) in [6.07, 6.45) is 2.61. The van der Waals surface area contributed by atoms with E-state index in [2.05, 4.69) is 42.6 Å². The Morgan fingerprint density at radius 2 is 1.82 bits per heavy atom. The van der Waals surface area contributed by atoms with E-state index in [0.29, 0.717) is 13.1 Å². The van der Waals surface area contributed by atoms with E-state index in [1.54, 1.807) is 6.92 Å². The number of amides is 2. The molecular formula is C24H30N2O2. The standard InChI is InChI=1S/C24H30N2O2/c1-4-19-8-10-21(11-9-19)23-13-12-22(16-26(23)18(3)27)24(28)25-15-20-7-5-6-17(2)14-20/h5-11,14,22-23H,4,12-13,15-16H2,1-3H3,(H,25,28)/t22-,23-/m0/s1. The molecule has 1 aliphatic rings. The van der Waals surface area contributed by atoms with Gasteiger partial charge in [0.05, 0.1) is 12.0 Å². The van der Waals surface area contributed by atoms with Gasteiger partial charge in [-0.15, -0.1) is 0 Å². The van der Waals surface area contributed by atoms with Crippen LogP contribution in [0.5, 0.6) is 0 Å². The van der Waals surface area contributed by atoms with E-state index in [9.17, 15) is 9.59 Å². The second kappa shape index (κ2) is 9.05. The van der Waals surface area contributed by atoms with Crippen molar-refractivity contribution in [2.75, 3.05) is 6.54 Å². The zero-order valence-corrected chi connectivity index (χ0v) is 17.1. The van der Waals surface area contributed by atoms with E-state index in [1.165, 1.54) is 11.1 Å². The fourth-order valence-electron chi connectivity index (χ4n) is 4.01. The summed E-state index contributed by atoms with van der Waals surface area (Å²) in [6, 6.07) is 16.7. The second-order valence-corrected chi connectivity index (χ2v) is 7.76. The number of carbonyl (C=O) groups excluding carboxylic acids is 2. The molecule has 0 bridgehead atoms. The van der Waals surface area contributed by atoms with Gasteiger partial charge in [-0.25, -0.2) is 0 Å². The first-order valence-electron chi connectivity index (χ1n) is 10.2. The molecule has 1 aliphatic heterocycles. The van der Waals surface area contributed by atoms with Gasteiger partial charge in [-0.2, -0.15) is 0 Å². The van der Waals surface area contributed by atoms with Gasteiger partial charge in [0.25, 0.3) is 0 Å². The largest absolute Gasteiger partial charge is 0.352 e. The van der Waals surface area contributed by atoms with Gasteiger partial charge in [-0.05, 0) is 42.9 Å². The van der Waals surface area contributed by atoms with E-state index < -0.39 is 0 Å². The molecule has 148 valence electrons. The maximum atomic E-state index is 12.7. The molecule has 0 saturated carbocycles. The fraction of sp³-hybridized carbons (Fsp3) is 0.417. The normalized spacial score (nSPS) is 19.3. The van der Waals surface area contributed by atoms with Crippen molar-refractivity contribution in [3.05, 3.63) is 70.8 Å². The molecular weight excluding hydrogens is 348 g/mol. The van der Waals surface area contributed by atoms with Crippen molar-refractivity contribution in [1.82, 2.24) is 10.2 Å². The molecule has 0 aliphatic carbocycles. The summed E-state index contributed by atoms with van der Waals surface area (Å²) < 4.78 is 0. The van der Waals surface area contributed by atoms with Crippen LogP contribution in [0.15, 0.2) is 48.5 Å². The van der Waals surface area contributed by atoms with Gasteiger partial charge in [0.2, 0.25) is 11.8 Å². The van der Waals surface area contributed by atoms with Gasteiger partial charge in [0.15, 0.2) is 0 Å². The highest BCUT2D eigenvalue weighted by molar-refractivity contribution is 5.81. The highest BCUT2D eigenvalue weighted by Crippen LogP contribution is 2.33. The molecule has 0 radical (unpaired) electrons. The average molecular weight is 379 g/mol. The third-order valence-corrected chi connectivity index (χ3v) is 5.68. The van der Waals surface area contributed by atoms with Gasteiger partial charge < -0.3 is 10.2 Å². The summed E-state index contributed by atoms with van der Waals surface area (Å²) in [6.45, 7) is 6.79. The van der Waals surface area contributed by atoms with Crippen molar-refractivity contribution in [2.24, 2.45) is 5.92 Å². The molecule has 1 fully saturated rings. The molecule has 2 aromatic carbocycles. The Bertz CT molecular complexity index is 829. The van der Waals surface area contributed by atoms with Crippen molar-refractivity contribution >= 4 is 11.8 Å². The number of piperidine rings is 1. The van der Waals surface area contributed by atoms with Gasteiger partial charge in [-0.1, -0.05) is 61.0 Å². The van der Waals surface area contributed by atoms with Crippen LogP contribution < -0.4 is 5.32 Å². The van der Waals surface area contributed by atoms with Gasteiger partial charge in [-0.3, -0.25) is 9.59 Å². The van der Waals surface area contributed by atoms with Crippen LogP contribution in [0.4, 0.5) is 0 Å². The van der Waals surface area contributed by atoms with Crippen molar-refractivity contribution in [3.8, 4) is 0 Å². The number of hydrogen-bond acceptors (Lipinski definition) is 2. The van der Waals surface area contributed by atoms with Crippen molar-refractivity contribution in [1.29, 1.82) is 0 Å². The molecule has 2 atom stereocenters. The molecule has 0 unspecified atom stereocenters. The first-order valence-corrected chi connectivity index (χ1v) is 10.2. The molecule has 4 nitrogen and oxygen atoms in total. The smallest absolute Gasteiger partial charge is 0.225 e. The summed E-state index contributed by atoms with van der Waals surface area (Å²) in [7, 11) is 0. The molecule has 1 N–H and O–H groups in total. The Morgan fingerprint density at radius 3 is 2.46 bits per heavy atom. The quantitative estimate of drug-likeness (QED) is 0.849. The van der Waals surface area contributed by atoms with E-state index in [0.717, 1.165) is 30.4 Å². The molecule has 0 spiro atoms. The summed E-state index contributed by atoms with van der Waals surface area (Å²) >= 11 is 0. The van der Waals surface area contributed by atoms with Gasteiger partial charge in [0, 0.05) is 20.0 Å². The van der Waals surface area contributed by atoms with Crippen LogP contribution in [0, 0.1) is 12.8 Å². The Balaban J connectivity index is 1.64. The third kappa shape index (κ3) is 4.80. The minimum absolute atomic E-state index is 0.0285. The number of likely N-dealkylation sites (tertiary alicyclic amines) is 1. The lowest BCUT2D eigenvalue weighted by Gasteiger charge is -2.39. The number of aryl methyl sites for hydroxylation is 2. The zero-order chi connectivity index (χ0) is 20.1. The maximum Gasteiger partial charge on any atom is 0.225 e. The van der Waals surface area contributed by atoms with E-state index in [1.807, 2.05) is 30.0 Å². The first-order chi connectivity index (χ1) is 13.5. The number of rotatable bonds is 5. The zero-order valence-electron chi connectivity index (χ0n) is 17.1. The Kier molecular flexibility index (Phi) is 6.50. The lowest BCUT2D eigenvalue weighted by Crippen LogP contribution is -2.46. The van der Waals surface area contributed by atoms with Gasteiger partial charge in [0.1, 0.15) is 0 Å². The highest BCUT2D eigenvalue weighted by atomic mass is 16.2. The lowest BCUT2D eigenvalue weighted by molar-refractivity contribution is -0.137. The van der Waals surface area contributed by atoms with Crippen LogP contribution in [0.1, 0.15) is 55.0 Å². The predicted octanol–water partition coefficient (Wildman–Crippen LogP) is 4.17. The van der Waals surface area contributed by atoms with Crippen LogP contribution in [-0.2, 0) is 22.6 Å². The summed E-state index contributed by atoms with van der Waals surface area (Å²) in [5.41, 5.74) is 4.74. The molecule has 4 heteroatoms. The van der Waals surface area contributed by atoms with Crippen LogP contribution in [0.3, 0.4) is 0 Å². The number of carbonyl (C=O) groups is 2. The number of nitrogens with one attached hydrogen (secondary N) is 1. The summed E-state index contributed by atoms with van der Waals surface area (Å²) in [5.74, 6) is -0.0897. The Labute approximate surface area is 167 Å². The minimum Gasteiger partial charge on any atom is -0.352 e. The van der Waals surface area contributed by atoms with Crippen molar-refractivity contribution < 1.29 is 9.59 Å². The Hall–Kier alpha value is -2.62. The van der Waals surface area contributed by atoms with Crippen LogP contribution in [-0.4, -0.2) is 23.3 Å². The lowest BCUT2D eigenvalue weighted by atomic mass is 9.88. The number of nitrogens with zero attached hydrogens (tertiary/aromatic N) is 1. The van der Waals surface area contributed by atoms with E-state index >= 15 is 0 Å². The third-order valence-electron chi connectivity index (χ3n) is 5.68. The molecule has 2 aromatic rings. The van der Waals surface area contributed by atoms with E-state index in [4.69, 9.17) is 0 Å². The van der Waals surface area contributed by atoms with Gasteiger partial charge >= 0.3 is 0 Å².